The average Bonchev–Trinajstić information content (AvgIpc) is 2.85. The molecule has 7 heteroatoms. The lowest BCUT2D eigenvalue weighted by atomic mass is 9.85. The van der Waals surface area contributed by atoms with E-state index in [0.717, 1.165) is 0 Å². The minimum atomic E-state index is -0.981. The molecule has 1 heterocycles. The molecule has 2 aromatic carbocycles. The molecule has 0 aromatic heterocycles. The molecule has 6 nitrogen and oxygen atoms in total. The van der Waals surface area contributed by atoms with Crippen molar-refractivity contribution in [2.75, 3.05) is 0 Å². The van der Waals surface area contributed by atoms with Crippen molar-refractivity contribution >= 4 is 18.9 Å². The molecule has 1 radical (unpaired) electrons. The minimum absolute atomic E-state index is 0.0505. The van der Waals surface area contributed by atoms with Gasteiger partial charge in [0.1, 0.15) is 11.5 Å². The number of hydrogen-bond donors (Lipinski definition) is 3. The number of rotatable bonds is 4. The van der Waals surface area contributed by atoms with Crippen molar-refractivity contribution in [3.8, 4) is 23.0 Å². The van der Waals surface area contributed by atoms with Gasteiger partial charge in [0.2, 0.25) is 0 Å². The Bertz CT molecular complexity index is 730. The number of carboxylic acids is 1. The van der Waals surface area contributed by atoms with Crippen molar-refractivity contribution in [2.45, 2.75) is 12.5 Å². The molecule has 0 saturated carbocycles. The summed E-state index contributed by atoms with van der Waals surface area (Å²) >= 11 is 0. The smallest absolute Gasteiger partial charge is 0.335 e. The Kier molecular flexibility index (Phi) is 3.64. The van der Waals surface area contributed by atoms with Gasteiger partial charge in [-0.25, -0.2) is 0 Å². The average molecular weight is 299 g/mol. The van der Waals surface area contributed by atoms with Gasteiger partial charge in [-0.3, -0.25) is 4.79 Å². The predicted molar refractivity (Wildman–Crippen MR) is 77.8 cm³/mol. The van der Waals surface area contributed by atoms with Crippen molar-refractivity contribution in [1.29, 1.82) is 0 Å². The van der Waals surface area contributed by atoms with Gasteiger partial charge in [0, 0.05) is 6.07 Å². The Morgan fingerprint density at radius 3 is 2.82 bits per heavy atom. The van der Waals surface area contributed by atoms with E-state index in [1.54, 1.807) is 18.2 Å². The van der Waals surface area contributed by atoms with Gasteiger partial charge >= 0.3 is 13.5 Å². The van der Waals surface area contributed by atoms with Gasteiger partial charge in [-0.05, 0) is 29.2 Å². The standard InChI is InChI=1S/C15H12BO6/c17-8-2-1-3-9(6-8)21-11-5-4-10-12(7-13(18)19)22-16-14(10)15(11)20/h1-6,12,17,20H,7H2,(H,18,19). The van der Waals surface area contributed by atoms with Gasteiger partial charge in [-0.15, -0.1) is 0 Å². The Morgan fingerprint density at radius 1 is 1.27 bits per heavy atom. The van der Waals surface area contributed by atoms with Crippen LogP contribution in [0.4, 0.5) is 0 Å². The zero-order valence-electron chi connectivity index (χ0n) is 11.4. The summed E-state index contributed by atoms with van der Waals surface area (Å²) < 4.78 is 10.8. The number of phenolic OH excluding ortho intramolecular Hbond substituents is 2. The van der Waals surface area contributed by atoms with Gasteiger partial charge in [-0.1, -0.05) is 12.1 Å². The van der Waals surface area contributed by atoms with Crippen LogP contribution in [0.2, 0.25) is 0 Å². The summed E-state index contributed by atoms with van der Waals surface area (Å²) in [6.07, 6.45) is -0.802. The first-order valence-electron chi connectivity index (χ1n) is 6.58. The van der Waals surface area contributed by atoms with E-state index >= 15 is 0 Å². The summed E-state index contributed by atoms with van der Waals surface area (Å²) in [5.74, 6) is -0.495. The van der Waals surface area contributed by atoms with Crippen molar-refractivity contribution in [3.63, 3.8) is 0 Å². The van der Waals surface area contributed by atoms with Gasteiger partial charge in [0.05, 0.1) is 12.5 Å². The van der Waals surface area contributed by atoms with Crippen LogP contribution in [0, 0.1) is 0 Å². The van der Waals surface area contributed by atoms with E-state index < -0.39 is 12.1 Å². The summed E-state index contributed by atoms with van der Waals surface area (Å²) in [6.45, 7) is 0. The highest BCUT2D eigenvalue weighted by Gasteiger charge is 2.30. The molecule has 2 aromatic rings. The Labute approximate surface area is 126 Å². The SMILES string of the molecule is O=C(O)CC1O[B]c2c1ccc(Oc1cccc(O)c1)c2O. The third-order valence-electron chi connectivity index (χ3n) is 3.32. The number of phenols is 2. The number of ether oxygens (including phenoxy) is 1. The molecule has 0 amide bonds. The number of carboxylic acid groups (broad SMARTS) is 1. The number of benzene rings is 2. The van der Waals surface area contributed by atoms with Crippen LogP contribution >= 0.6 is 0 Å². The topological polar surface area (TPSA) is 96.2 Å². The molecule has 3 N–H and O–H groups in total. The zero-order chi connectivity index (χ0) is 15.7. The van der Waals surface area contributed by atoms with Crippen molar-refractivity contribution in [3.05, 3.63) is 42.0 Å². The summed E-state index contributed by atoms with van der Waals surface area (Å²) in [7, 11) is 1.33. The van der Waals surface area contributed by atoms with Gasteiger partial charge < -0.3 is 24.7 Å². The minimum Gasteiger partial charge on any atom is -0.508 e. The Hall–Kier alpha value is -2.67. The number of hydrogen-bond acceptors (Lipinski definition) is 5. The van der Waals surface area contributed by atoms with Crippen molar-refractivity contribution in [1.82, 2.24) is 0 Å². The van der Waals surface area contributed by atoms with Gasteiger partial charge in [0.15, 0.2) is 11.5 Å². The first kappa shape index (κ1) is 14.3. The third-order valence-corrected chi connectivity index (χ3v) is 3.32. The molecule has 1 aliphatic heterocycles. The van der Waals surface area contributed by atoms with E-state index in [-0.39, 0.29) is 23.7 Å². The first-order valence-corrected chi connectivity index (χ1v) is 6.58. The Balaban J connectivity index is 1.88. The van der Waals surface area contributed by atoms with Gasteiger partial charge in [-0.2, -0.15) is 0 Å². The number of carbonyl (C=O) groups is 1. The molecule has 22 heavy (non-hydrogen) atoms. The second kappa shape index (κ2) is 5.61. The van der Waals surface area contributed by atoms with Crippen molar-refractivity contribution in [2.24, 2.45) is 0 Å². The molecule has 0 aliphatic carbocycles. The van der Waals surface area contributed by atoms with E-state index in [1.165, 1.54) is 25.7 Å². The number of aliphatic carboxylic acids is 1. The van der Waals surface area contributed by atoms with Crippen LogP contribution in [0.3, 0.4) is 0 Å². The highest BCUT2D eigenvalue weighted by atomic mass is 16.5. The fourth-order valence-electron chi connectivity index (χ4n) is 2.30. The van der Waals surface area contributed by atoms with Crippen LogP contribution in [0.5, 0.6) is 23.0 Å². The molecular weight excluding hydrogens is 287 g/mol. The fourth-order valence-corrected chi connectivity index (χ4v) is 2.30. The van der Waals surface area contributed by atoms with E-state index in [0.29, 0.717) is 16.8 Å². The maximum absolute atomic E-state index is 10.8. The third kappa shape index (κ3) is 2.71. The van der Waals surface area contributed by atoms with Crippen molar-refractivity contribution < 1.29 is 29.5 Å². The number of fused-ring (bicyclic) bond motifs is 1. The van der Waals surface area contributed by atoms with Gasteiger partial charge in [0.25, 0.3) is 0 Å². The van der Waals surface area contributed by atoms with E-state index in [1.807, 2.05) is 0 Å². The molecule has 1 atom stereocenters. The molecule has 0 spiro atoms. The van der Waals surface area contributed by atoms with Crippen LogP contribution in [0.15, 0.2) is 36.4 Å². The number of aromatic hydroxyl groups is 2. The van der Waals surface area contributed by atoms with Crippen LogP contribution in [-0.2, 0) is 9.45 Å². The monoisotopic (exact) mass is 299 g/mol. The quantitative estimate of drug-likeness (QED) is 0.743. The largest absolute Gasteiger partial charge is 0.508 e. The highest BCUT2D eigenvalue weighted by molar-refractivity contribution is 6.50. The molecule has 3 rings (SSSR count). The van der Waals surface area contributed by atoms with Crippen LogP contribution < -0.4 is 10.2 Å². The van der Waals surface area contributed by atoms with E-state index in [2.05, 4.69) is 0 Å². The highest BCUT2D eigenvalue weighted by Crippen LogP contribution is 2.35. The Morgan fingerprint density at radius 2 is 2.09 bits per heavy atom. The first-order chi connectivity index (χ1) is 10.5. The summed E-state index contributed by atoms with van der Waals surface area (Å²) in [5.41, 5.74) is 1.01. The predicted octanol–water partition coefficient (Wildman–Crippen LogP) is 1.68. The molecule has 0 saturated heterocycles. The zero-order valence-corrected chi connectivity index (χ0v) is 11.4. The lowest BCUT2D eigenvalue weighted by Gasteiger charge is -2.12. The molecule has 111 valence electrons. The lowest BCUT2D eigenvalue weighted by molar-refractivity contribution is -0.138. The summed E-state index contributed by atoms with van der Waals surface area (Å²) in [6, 6.07) is 9.38. The summed E-state index contributed by atoms with van der Waals surface area (Å²) in [5, 5.41) is 28.5. The molecular formula is C15H12BO6. The molecule has 0 bridgehead atoms. The van der Waals surface area contributed by atoms with E-state index in [4.69, 9.17) is 14.5 Å². The second-order valence-corrected chi connectivity index (χ2v) is 4.86. The van der Waals surface area contributed by atoms with E-state index in [9.17, 15) is 15.0 Å². The maximum Gasteiger partial charge on any atom is 0.335 e. The van der Waals surface area contributed by atoms with Crippen LogP contribution in [0.1, 0.15) is 18.1 Å². The van der Waals surface area contributed by atoms with Crippen LogP contribution in [0.25, 0.3) is 0 Å². The normalized spacial score (nSPS) is 15.9. The maximum atomic E-state index is 10.8. The second-order valence-electron chi connectivity index (χ2n) is 4.86. The molecule has 1 unspecified atom stereocenters. The summed E-state index contributed by atoms with van der Waals surface area (Å²) in [4.78, 5) is 10.8. The van der Waals surface area contributed by atoms with Crippen LogP contribution in [-0.4, -0.2) is 28.8 Å². The lowest BCUT2D eigenvalue weighted by Crippen LogP contribution is -2.12. The molecule has 1 aliphatic rings. The molecule has 0 fully saturated rings. The fraction of sp³-hybridized carbons (Fsp3) is 0.133.